The molecule has 2 saturated heterocycles. The van der Waals surface area contributed by atoms with Gasteiger partial charge >= 0.3 is 0 Å². The summed E-state index contributed by atoms with van der Waals surface area (Å²) in [6, 6.07) is 0. The highest BCUT2D eigenvalue weighted by atomic mass is 16.4. The number of amides is 2. The first-order chi connectivity index (χ1) is 15.0. The molecule has 0 saturated carbocycles. The van der Waals surface area contributed by atoms with Crippen LogP contribution < -0.4 is 0 Å². The number of aryl methyl sites for hydroxylation is 2. The summed E-state index contributed by atoms with van der Waals surface area (Å²) in [5, 5.41) is 4.76. The van der Waals surface area contributed by atoms with E-state index >= 15 is 0 Å². The van der Waals surface area contributed by atoms with Crippen LogP contribution in [0, 0.1) is 6.92 Å². The van der Waals surface area contributed by atoms with Crippen molar-refractivity contribution in [2.45, 2.75) is 46.1 Å². The van der Waals surface area contributed by atoms with Gasteiger partial charge in [-0.3, -0.25) is 14.3 Å². The minimum atomic E-state index is -0.00761. The number of carbonyl (C=O) groups is 2. The summed E-state index contributed by atoms with van der Waals surface area (Å²) in [5.74, 6) is 1.41. The van der Waals surface area contributed by atoms with Gasteiger partial charge in [0.15, 0.2) is 5.76 Å². The molecule has 166 valence electrons. The molecule has 8 heteroatoms. The summed E-state index contributed by atoms with van der Waals surface area (Å²) in [6.07, 6.45) is 5.68. The molecule has 0 spiro atoms. The third-order valence-corrected chi connectivity index (χ3v) is 6.97. The molecule has 0 aromatic carbocycles. The Balaban J connectivity index is 1.35. The second-order valence-corrected chi connectivity index (χ2v) is 8.87. The number of hydrogen-bond donors (Lipinski definition) is 0. The molecule has 8 nitrogen and oxygen atoms in total. The van der Waals surface area contributed by atoms with E-state index < -0.39 is 0 Å². The molecule has 2 amide bonds. The van der Waals surface area contributed by atoms with E-state index in [2.05, 4.69) is 11.8 Å². The van der Waals surface area contributed by atoms with Crippen LogP contribution in [0.15, 0.2) is 10.6 Å². The second-order valence-electron chi connectivity index (χ2n) is 8.87. The number of hydrogen-bond acceptors (Lipinski definition) is 5. The van der Waals surface area contributed by atoms with Gasteiger partial charge in [-0.1, -0.05) is 6.92 Å². The average molecular weight is 426 g/mol. The number of piperazine rings is 1. The van der Waals surface area contributed by atoms with Crippen LogP contribution in [0.4, 0.5) is 0 Å². The van der Waals surface area contributed by atoms with E-state index in [1.54, 1.807) is 4.68 Å². The van der Waals surface area contributed by atoms with E-state index in [-0.39, 0.29) is 18.4 Å². The highest BCUT2D eigenvalue weighted by molar-refractivity contribution is 5.95. The first kappa shape index (κ1) is 20.3. The number of aromatic nitrogens is 2. The Labute approximate surface area is 182 Å². The molecule has 0 radical (unpaired) electrons. The largest absolute Gasteiger partial charge is 0.455 e. The van der Waals surface area contributed by atoms with Crippen LogP contribution in [0.3, 0.4) is 0 Å². The average Bonchev–Trinajstić information content (AvgIpc) is 3.52. The molecule has 5 rings (SSSR count). The maximum atomic E-state index is 12.9. The highest BCUT2D eigenvalue weighted by Gasteiger charge is 2.32. The molecule has 2 aromatic rings. The van der Waals surface area contributed by atoms with Gasteiger partial charge in [-0.25, -0.2) is 0 Å². The molecule has 2 fully saturated rings. The van der Waals surface area contributed by atoms with Crippen LogP contribution in [0.2, 0.25) is 0 Å². The van der Waals surface area contributed by atoms with Crippen LogP contribution >= 0.6 is 0 Å². The van der Waals surface area contributed by atoms with Crippen molar-refractivity contribution in [2.24, 2.45) is 0 Å². The van der Waals surface area contributed by atoms with Crippen LogP contribution in [-0.4, -0.2) is 82.1 Å². The lowest BCUT2D eigenvalue weighted by Crippen LogP contribution is -2.49. The lowest BCUT2D eigenvalue weighted by Gasteiger charge is -2.34. The predicted octanol–water partition coefficient (Wildman–Crippen LogP) is 1.95. The third-order valence-electron chi connectivity index (χ3n) is 6.97. The topological polar surface area (TPSA) is 74.8 Å². The van der Waals surface area contributed by atoms with Gasteiger partial charge in [-0.2, -0.15) is 5.10 Å². The quantitative estimate of drug-likeness (QED) is 0.749. The van der Waals surface area contributed by atoms with Crippen LogP contribution in [-0.2, 0) is 24.2 Å². The van der Waals surface area contributed by atoms with Crippen LogP contribution in [0.5, 0.6) is 0 Å². The summed E-state index contributed by atoms with van der Waals surface area (Å²) < 4.78 is 7.82. The van der Waals surface area contributed by atoms with Crippen LogP contribution in [0.25, 0.3) is 11.3 Å². The van der Waals surface area contributed by atoms with Gasteiger partial charge in [0.05, 0.1) is 5.69 Å². The number of likely N-dealkylation sites (tertiary alicyclic amines) is 1. The summed E-state index contributed by atoms with van der Waals surface area (Å²) in [6.45, 7) is 10.4. The monoisotopic (exact) mass is 425 g/mol. The van der Waals surface area contributed by atoms with Gasteiger partial charge in [-0.05, 0) is 38.3 Å². The fraction of sp³-hybridized carbons (Fsp3) is 0.609. The number of rotatable bonds is 4. The number of likely N-dealkylation sites (N-methyl/N-ethyl adjacent to an activating group) is 1. The van der Waals surface area contributed by atoms with Gasteiger partial charge in [0.1, 0.15) is 12.3 Å². The molecule has 0 atom stereocenters. The molecular weight excluding hydrogens is 394 g/mol. The van der Waals surface area contributed by atoms with Crippen molar-refractivity contribution in [1.29, 1.82) is 0 Å². The number of nitrogens with zero attached hydrogens (tertiary/aromatic N) is 5. The highest BCUT2D eigenvalue weighted by Crippen LogP contribution is 2.38. The standard InChI is InChI=1S/C23H31N5O3/c1-3-25-10-12-26(13-11-25)19(29)15-28-14-17-6-7-18-20(21(17)24-28)16(2)22(31-18)23(30)27-8-4-5-9-27/h14H,3-13,15H2,1-2H3. The zero-order valence-electron chi connectivity index (χ0n) is 18.5. The van der Waals surface area contributed by atoms with E-state index in [0.29, 0.717) is 5.76 Å². The van der Waals surface area contributed by atoms with Crippen molar-refractivity contribution in [1.82, 2.24) is 24.5 Å². The SMILES string of the molecule is CCN1CCN(C(=O)Cn2cc3c(n2)-c2c(oc(C(=O)N4CCCC4)c2C)CC3)CC1. The zero-order valence-corrected chi connectivity index (χ0v) is 18.5. The van der Waals surface area contributed by atoms with Crippen molar-refractivity contribution in [3.05, 3.63) is 28.8 Å². The number of carbonyl (C=O) groups excluding carboxylic acids is 2. The Bertz CT molecular complexity index is 993. The zero-order chi connectivity index (χ0) is 21.5. The maximum absolute atomic E-state index is 12.9. The van der Waals surface area contributed by atoms with Gasteiger partial charge in [0.25, 0.3) is 5.91 Å². The first-order valence-electron chi connectivity index (χ1n) is 11.5. The first-order valence-corrected chi connectivity index (χ1v) is 11.5. The second kappa shape index (κ2) is 8.15. The summed E-state index contributed by atoms with van der Waals surface area (Å²) in [5.41, 5.74) is 3.82. The molecule has 0 N–H and O–H groups in total. The summed E-state index contributed by atoms with van der Waals surface area (Å²) in [4.78, 5) is 31.9. The Morgan fingerprint density at radius 1 is 1.03 bits per heavy atom. The van der Waals surface area contributed by atoms with E-state index in [9.17, 15) is 9.59 Å². The molecule has 0 bridgehead atoms. The molecule has 2 aromatic heterocycles. The van der Waals surface area contributed by atoms with E-state index in [0.717, 1.165) is 99.6 Å². The minimum absolute atomic E-state index is 0.00761. The Hall–Kier alpha value is -2.61. The van der Waals surface area contributed by atoms with Crippen molar-refractivity contribution >= 4 is 11.8 Å². The van der Waals surface area contributed by atoms with E-state index in [4.69, 9.17) is 9.52 Å². The Morgan fingerprint density at radius 2 is 1.77 bits per heavy atom. The van der Waals surface area contributed by atoms with Crippen molar-refractivity contribution in [3.8, 4) is 11.3 Å². The van der Waals surface area contributed by atoms with E-state index in [1.807, 2.05) is 22.9 Å². The number of furan rings is 1. The lowest BCUT2D eigenvalue weighted by atomic mass is 9.93. The normalized spacial score (nSPS) is 18.9. The summed E-state index contributed by atoms with van der Waals surface area (Å²) >= 11 is 0. The molecule has 3 aliphatic rings. The van der Waals surface area contributed by atoms with Crippen molar-refractivity contribution in [3.63, 3.8) is 0 Å². The lowest BCUT2D eigenvalue weighted by molar-refractivity contribution is -0.133. The van der Waals surface area contributed by atoms with Gasteiger partial charge in [-0.15, -0.1) is 0 Å². The minimum Gasteiger partial charge on any atom is -0.455 e. The molecular formula is C23H31N5O3. The summed E-state index contributed by atoms with van der Waals surface area (Å²) in [7, 11) is 0. The smallest absolute Gasteiger partial charge is 0.289 e. The number of fused-ring (bicyclic) bond motifs is 3. The van der Waals surface area contributed by atoms with Crippen molar-refractivity contribution < 1.29 is 14.0 Å². The fourth-order valence-electron chi connectivity index (χ4n) is 5.06. The molecule has 1 aliphatic carbocycles. The third kappa shape index (κ3) is 3.67. The maximum Gasteiger partial charge on any atom is 0.289 e. The molecule has 0 unspecified atom stereocenters. The van der Waals surface area contributed by atoms with Crippen molar-refractivity contribution in [2.75, 3.05) is 45.8 Å². The Kier molecular flexibility index (Phi) is 5.33. The van der Waals surface area contributed by atoms with E-state index in [1.165, 1.54) is 0 Å². The molecule has 2 aliphatic heterocycles. The fourth-order valence-corrected chi connectivity index (χ4v) is 5.06. The Morgan fingerprint density at radius 3 is 2.48 bits per heavy atom. The van der Waals surface area contributed by atoms with Gasteiger partial charge < -0.3 is 19.1 Å². The predicted molar refractivity (Wildman–Crippen MR) is 116 cm³/mol. The van der Waals surface area contributed by atoms with Gasteiger partial charge in [0, 0.05) is 63.0 Å². The molecule has 31 heavy (non-hydrogen) atoms. The van der Waals surface area contributed by atoms with Crippen LogP contribution in [0.1, 0.15) is 47.2 Å². The molecule has 4 heterocycles. The van der Waals surface area contributed by atoms with Gasteiger partial charge in [0.2, 0.25) is 5.91 Å².